The molecule has 0 bridgehead atoms. The van der Waals surface area contributed by atoms with Crippen LogP contribution in [0.4, 0.5) is 4.79 Å². The molecule has 1 rings (SSSR count). The number of carboxylic acid groups (broad SMARTS) is 1. The van der Waals surface area contributed by atoms with Gasteiger partial charge >= 0.3 is 12.0 Å². The van der Waals surface area contributed by atoms with E-state index in [1.807, 2.05) is 24.3 Å². The molecular formula is C13H17BrN2O3. The van der Waals surface area contributed by atoms with E-state index in [1.54, 1.807) is 14.0 Å². The molecule has 0 radical (unpaired) electrons. The number of halogens is 1. The van der Waals surface area contributed by atoms with Crippen LogP contribution in [0.5, 0.6) is 0 Å². The van der Waals surface area contributed by atoms with Gasteiger partial charge in [0.1, 0.15) is 0 Å². The Labute approximate surface area is 120 Å². The molecule has 0 aromatic heterocycles. The Morgan fingerprint density at radius 3 is 2.63 bits per heavy atom. The first-order valence-electron chi connectivity index (χ1n) is 5.87. The van der Waals surface area contributed by atoms with Gasteiger partial charge in [-0.2, -0.15) is 0 Å². The van der Waals surface area contributed by atoms with Crippen molar-refractivity contribution in [1.29, 1.82) is 0 Å². The first kappa shape index (κ1) is 15.5. The molecule has 0 aliphatic heterocycles. The van der Waals surface area contributed by atoms with Gasteiger partial charge in [0.05, 0.1) is 5.92 Å². The Bertz CT molecular complexity index is 465. The Morgan fingerprint density at radius 1 is 1.42 bits per heavy atom. The monoisotopic (exact) mass is 328 g/mol. The normalized spacial score (nSPS) is 11.7. The van der Waals surface area contributed by atoms with Crippen molar-refractivity contribution in [3.8, 4) is 0 Å². The minimum atomic E-state index is -0.922. The van der Waals surface area contributed by atoms with Crippen molar-refractivity contribution >= 4 is 27.9 Å². The van der Waals surface area contributed by atoms with Crippen LogP contribution in [0.1, 0.15) is 12.5 Å². The van der Waals surface area contributed by atoms with E-state index >= 15 is 0 Å². The van der Waals surface area contributed by atoms with E-state index in [-0.39, 0.29) is 12.6 Å². The minimum absolute atomic E-state index is 0.120. The van der Waals surface area contributed by atoms with E-state index in [1.165, 1.54) is 4.90 Å². The second kappa shape index (κ2) is 7.13. The molecule has 2 amide bonds. The van der Waals surface area contributed by atoms with Crippen molar-refractivity contribution in [3.63, 3.8) is 0 Å². The molecule has 0 aliphatic rings. The molecule has 1 aromatic carbocycles. The fourth-order valence-electron chi connectivity index (χ4n) is 1.42. The summed E-state index contributed by atoms with van der Waals surface area (Å²) in [5.74, 6) is -1.52. The van der Waals surface area contributed by atoms with Gasteiger partial charge in [-0.3, -0.25) is 4.79 Å². The van der Waals surface area contributed by atoms with Crippen LogP contribution in [0.2, 0.25) is 0 Å². The molecule has 6 heteroatoms. The van der Waals surface area contributed by atoms with Crippen molar-refractivity contribution < 1.29 is 14.7 Å². The number of aliphatic carboxylic acids is 1. The Hall–Kier alpha value is -1.56. The van der Waals surface area contributed by atoms with Crippen molar-refractivity contribution in [1.82, 2.24) is 10.2 Å². The molecule has 0 spiro atoms. The maximum Gasteiger partial charge on any atom is 0.317 e. The number of nitrogens with one attached hydrogen (secondary N) is 1. The summed E-state index contributed by atoms with van der Waals surface area (Å²) in [6.07, 6.45) is 0. The fraction of sp³-hybridized carbons (Fsp3) is 0.385. The van der Waals surface area contributed by atoms with Crippen molar-refractivity contribution in [2.75, 3.05) is 13.6 Å². The van der Waals surface area contributed by atoms with Gasteiger partial charge < -0.3 is 15.3 Å². The first-order chi connectivity index (χ1) is 8.91. The van der Waals surface area contributed by atoms with Gasteiger partial charge in [0.15, 0.2) is 0 Å². The third-order valence-corrected chi connectivity index (χ3v) is 3.47. The van der Waals surface area contributed by atoms with Crippen LogP contribution in [0.3, 0.4) is 0 Å². The zero-order valence-electron chi connectivity index (χ0n) is 10.9. The molecule has 0 heterocycles. The SMILES string of the molecule is CC(CNC(=O)N(C)Cc1ccccc1Br)C(=O)O. The maximum absolute atomic E-state index is 11.8. The van der Waals surface area contributed by atoms with Crippen LogP contribution in [-0.4, -0.2) is 35.6 Å². The van der Waals surface area contributed by atoms with Crippen molar-refractivity contribution in [2.24, 2.45) is 5.92 Å². The number of carbonyl (C=O) groups excluding carboxylic acids is 1. The number of rotatable bonds is 5. The summed E-state index contributed by atoms with van der Waals surface area (Å²) in [6.45, 7) is 2.12. The van der Waals surface area contributed by atoms with E-state index in [2.05, 4.69) is 21.2 Å². The van der Waals surface area contributed by atoms with Gasteiger partial charge in [0, 0.05) is 24.6 Å². The quantitative estimate of drug-likeness (QED) is 0.871. The summed E-state index contributed by atoms with van der Waals surface area (Å²) in [7, 11) is 1.67. The highest BCUT2D eigenvalue weighted by atomic mass is 79.9. The molecule has 1 unspecified atom stereocenters. The average molecular weight is 329 g/mol. The summed E-state index contributed by atoms with van der Waals surface area (Å²) >= 11 is 3.42. The molecule has 104 valence electrons. The van der Waals surface area contributed by atoms with E-state index in [0.717, 1.165) is 10.0 Å². The number of urea groups is 1. The van der Waals surface area contributed by atoms with Crippen LogP contribution < -0.4 is 5.32 Å². The molecule has 0 saturated carbocycles. The average Bonchev–Trinajstić information content (AvgIpc) is 2.37. The van der Waals surface area contributed by atoms with Gasteiger partial charge in [0.2, 0.25) is 0 Å². The fourth-order valence-corrected chi connectivity index (χ4v) is 1.83. The van der Waals surface area contributed by atoms with Crippen LogP contribution in [0.25, 0.3) is 0 Å². The molecule has 1 atom stereocenters. The number of hydrogen-bond donors (Lipinski definition) is 2. The summed E-state index contributed by atoms with van der Waals surface area (Å²) in [4.78, 5) is 23.9. The molecule has 2 N–H and O–H groups in total. The molecule has 0 aliphatic carbocycles. The number of carbonyl (C=O) groups is 2. The Morgan fingerprint density at radius 2 is 2.05 bits per heavy atom. The third-order valence-electron chi connectivity index (χ3n) is 2.69. The Kier molecular flexibility index (Phi) is 5.82. The van der Waals surface area contributed by atoms with Crippen molar-refractivity contribution in [3.05, 3.63) is 34.3 Å². The lowest BCUT2D eigenvalue weighted by Gasteiger charge is -2.19. The zero-order valence-corrected chi connectivity index (χ0v) is 12.5. The summed E-state index contributed by atoms with van der Waals surface area (Å²) in [6, 6.07) is 7.35. The first-order valence-corrected chi connectivity index (χ1v) is 6.66. The van der Waals surface area contributed by atoms with E-state index in [9.17, 15) is 9.59 Å². The largest absolute Gasteiger partial charge is 0.481 e. The van der Waals surface area contributed by atoms with Crippen LogP contribution in [-0.2, 0) is 11.3 Å². The molecule has 1 aromatic rings. The predicted octanol–water partition coefficient (Wildman–Crippen LogP) is 2.31. The highest BCUT2D eigenvalue weighted by Gasteiger charge is 2.15. The van der Waals surface area contributed by atoms with E-state index < -0.39 is 11.9 Å². The van der Waals surface area contributed by atoms with Gasteiger partial charge in [-0.25, -0.2) is 4.79 Å². The maximum atomic E-state index is 11.8. The van der Waals surface area contributed by atoms with E-state index in [0.29, 0.717) is 6.54 Å². The van der Waals surface area contributed by atoms with Gasteiger partial charge in [-0.15, -0.1) is 0 Å². The highest BCUT2D eigenvalue weighted by molar-refractivity contribution is 9.10. The number of hydrogen-bond acceptors (Lipinski definition) is 2. The number of benzene rings is 1. The lowest BCUT2D eigenvalue weighted by Crippen LogP contribution is -2.40. The summed E-state index contributed by atoms with van der Waals surface area (Å²) in [5, 5.41) is 11.3. The number of nitrogens with zero attached hydrogens (tertiary/aromatic N) is 1. The van der Waals surface area contributed by atoms with Gasteiger partial charge in [0.25, 0.3) is 0 Å². The molecule has 0 fully saturated rings. The van der Waals surface area contributed by atoms with Crippen LogP contribution in [0.15, 0.2) is 28.7 Å². The smallest absolute Gasteiger partial charge is 0.317 e. The summed E-state index contributed by atoms with van der Waals surface area (Å²) < 4.78 is 0.938. The van der Waals surface area contributed by atoms with E-state index in [4.69, 9.17) is 5.11 Å². The van der Waals surface area contributed by atoms with Gasteiger partial charge in [-0.1, -0.05) is 41.1 Å². The van der Waals surface area contributed by atoms with Crippen molar-refractivity contribution in [2.45, 2.75) is 13.5 Å². The van der Waals surface area contributed by atoms with Gasteiger partial charge in [-0.05, 0) is 11.6 Å². The topological polar surface area (TPSA) is 69.6 Å². The second-order valence-corrected chi connectivity index (χ2v) is 5.23. The zero-order chi connectivity index (χ0) is 14.4. The number of amides is 2. The molecule has 5 nitrogen and oxygen atoms in total. The third kappa shape index (κ3) is 4.90. The lowest BCUT2D eigenvalue weighted by molar-refractivity contribution is -0.140. The Balaban J connectivity index is 2.50. The van der Waals surface area contributed by atoms with Crippen LogP contribution >= 0.6 is 15.9 Å². The summed E-state index contributed by atoms with van der Waals surface area (Å²) in [5.41, 5.74) is 0.992. The standard InChI is InChI=1S/C13H17BrN2O3/c1-9(12(17)18)7-15-13(19)16(2)8-10-5-3-4-6-11(10)14/h3-6,9H,7-8H2,1-2H3,(H,15,19)(H,17,18). The minimum Gasteiger partial charge on any atom is -0.481 e. The lowest BCUT2D eigenvalue weighted by atomic mass is 10.2. The molecule has 0 saturated heterocycles. The predicted molar refractivity (Wildman–Crippen MR) is 75.8 cm³/mol. The second-order valence-electron chi connectivity index (χ2n) is 4.37. The molecule has 19 heavy (non-hydrogen) atoms. The number of carboxylic acids is 1. The van der Waals surface area contributed by atoms with Crippen LogP contribution in [0, 0.1) is 5.92 Å². The highest BCUT2D eigenvalue weighted by Crippen LogP contribution is 2.17. The molecular weight excluding hydrogens is 312 g/mol.